The van der Waals surface area contributed by atoms with Gasteiger partial charge in [-0.1, -0.05) is 12.1 Å². The fourth-order valence-electron chi connectivity index (χ4n) is 2.26. The number of carbonyl (C=O) groups is 2. The van der Waals surface area contributed by atoms with Crippen LogP contribution in [-0.4, -0.2) is 47.0 Å². The van der Waals surface area contributed by atoms with Crippen molar-refractivity contribution in [3.63, 3.8) is 0 Å². The molecule has 0 aliphatic heterocycles. The number of ether oxygens (including phenoxy) is 1. The summed E-state index contributed by atoms with van der Waals surface area (Å²) in [5, 5.41) is 16.2. The molecule has 0 aromatic heterocycles. The Morgan fingerprint density at radius 2 is 1.79 bits per heavy atom. The van der Waals surface area contributed by atoms with Crippen LogP contribution in [-0.2, 0) is 20.3 Å². The third-order valence-corrected chi connectivity index (χ3v) is 4.58. The van der Waals surface area contributed by atoms with Crippen molar-refractivity contribution in [3.05, 3.63) is 64.2 Å². The first-order valence-electron chi connectivity index (χ1n) is 8.23. The van der Waals surface area contributed by atoms with Gasteiger partial charge in [0.25, 0.3) is 11.6 Å². The van der Waals surface area contributed by atoms with Crippen molar-refractivity contribution in [2.75, 3.05) is 31.3 Å². The maximum Gasteiger partial charge on any atom is 0.339 e. The molecule has 0 radical (unpaired) electrons. The number of hydrogen-bond acceptors (Lipinski definition) is 7. The molecular formula is C18H19N3O6S. The lowest BCUT2D eigenvalue weighted by Gasteiger charge is -2.09. The summed E-state index contributed by atoms with van der Waals surface area (Å²) in [4.78, 5) is 34.3. The second-order valence-corrected chi connectivity index (χ2v) is 6.96. The van der Waals surface area contributed by atoms with Crippen LogP contribution < -0.4 is 10.6 Å². The lowest BCUT2D eigenvalue weighted by atomic mass is 10.2. The lowest BCUT2D eigenvalue weighted by Crippen LogP contribution is -2.32. The predicted molar refractivity (Wildman–Crippen MR) is 104 cm³/mol. The standard InChI is InChI=1S/C18H19N3O6S/c1-28(26)16-5-3-2-4-15(16)18(23)27-12-17(22)20-11-10-19-13-6-8-14(9-7-13)21(24)25/h2-9,19H,10-12H2,1H3,(H,20,22)/t28-/m1/s1. The van der Waals surface area contributed by atoms with E-state index >= 15 is 0 Å². The van der Waals surface area contributed by atoms with Crippen molar-refractivity contribution < 1.29 is 23.5 Å². The quantitative estimate of drug-likeness (QED) is 0.281. The van der Waals surface area contributed by atoms with E-state index in [1.807, 2.05) is 0 Å². The predicted octanol–water partition coefficient (Wildman–Crippen LogP) is 1.72. The number of non-ortho nitro benzene ring substituents is 1. The number of hydrogen-bond donors (Lipinski definition) is 2. The van der Waals surface area contributed by atoms with E-state index in [1.54, 1.807) is 30.3 Å². The van der Waals surface area contributed by atoms with Gasteiger partial charge in [-0.05, 0) is 24.3 Å². The molecule has 0 saturated heterocycles. The maximum atomic E-state index is 12.1. The highest BCUT2D eigenvalue weighted by atomic mass is 32.2. The van der Waals surface area contributed by atoms with Crippen molar-refractivity contribution in [2.45, 2.75) is 4.90 Å². The Kier molecular flexibility index (Phi) is 7.64. The molecule has 2 rings (SSSR count). The minimum Gasteiger partial charge on any atom is -0.452 e. The number of nitrogens with one attached hydrogen (secondary N) is 2. The van der Waals surface area contributed by atoms with Gasteiger partial charge in [-0.25, -0.2) is 4.79 Å². The van der Waals surface area contributed by atoms with Gasteiger partial charge in [-0.3, -0.25) is 19.1 Å². The van der Waals surface area contributed by atoms with Crippen molar-refractivity contribution in [1.82, 2.24) is 5.32 Å². The zero-order valence-corrected chi connectivity index (χ0v) is 15.9. The molecule has 2 N–H and O–H groups in total. The van der Waals surface area contributed by atoms with Crippen molar-refractivity contribution in [3.8, 4) is 0 Å². The molecule has 28 heavy (non-hydrogen) atoms. The smallest absolute Gasteiger partial charge is 0.339 e. The van der Waals surface area contributed by atoms with Gasteiger partial charge < -0.3 is 15.4 Å². The molecule has 0 aliphatic carbocycles. The number of benzene rings is 2. The number of nitrogens with zero attached hydrogens (tertiary/aromatic N) is 1. The highest BCUT2D eigenvalue weighted by Crippen LogP contribution is 2.15. The average molecular weight is 405 g/mol. The molecular weight excluding hydrogens is 386 g/mol. The van der Waals surface area contributed by atoms with Crippen molar-refractivity contribution in [2.24, 2.45) is 0 Å². The second kappa shape index (κ2) is 10.2. The van der Waals surface area contributed by atoms with Crippen LogP contribution in [0.1, 0.15) is 10.4 Å². The van der Waals surface area contributed by atoms with E-state index in [9.17, 15) is 23.9 Å². The number of carbonyl (C=O) groups excluding carboxylic acids is 2. The van der Waals surface area contributed by atoms with Gasteiger partial charge >= 0.3 is 5.97 Å². The largest absolute Gasteiger partial charge is 0.452 e. The van der Waals surface area contributed by atoms with Crippen LogP contribution in [0.3, 0.4) is 0 Å². The van der Waals surface area contributed by atoms with Crippen LogP contribution in [0, 0.1) is 10.1 Å². The van der Waals surface area contributed by atoms with Crippen LogP contribution >= 0.6 is 0 Å². The maximum absolute atomic E-state index is 12.1. The molecule has 2 aromatic carbocycles. The number of rotatable bonds is 9. The van der Waals surface area contributed by atoms with E-state index < -0.39 is 34.2 Å². The summed E-state index contributed by atoms with van der Waals surface area (Å²) in [6.07, 6.45) is 1.46. The summed E-state index contributed by atoms with van der Waals surface area (Å²) < 4.78 is 16.6. The molecule has 0 fully saturated rings. The average Bonchev–Trinajstić information content (AvgIpc) is 2.69. The molecule has 1 atom stereocenters. The Balaban J connectivity index is 1.72. The number of amides is 1. The second-order valence-electron chi connectivity index (χ2n) is 5.61. The van der Waals surface area contributed by atoms with Crippen LogP contribution in [0.5, 0.6) is 0 Å². The zero-order chi connectivity index (χ0) is 20.5. The highest BCUT2D eigenvalue weighted by molar-refractivity contribution is 7.84. The minimum atomic E-state index is -1.35. The molecule has 0 aliphatic rings. The van der Waals surface area contributed by atoms with Crippen LogP contribution in [0.2, 0.25) is 0 Å². The third-order valence-electron chi connectivity index (χ3n) is 3.61. The van der Waals surface area contributed by atoms with Crippen molar-refractivity contribution in [1.29, 1.82) is 0 Å². The van der Waals surface area contributed by atoms with Gasteiger partial charge in [-0.2, -0.15) is 0 Å². The minimum absolute atomic E-state index is 0.00542. The molecule has 0 bridgehead atoms. The fraction of sp³-hybridized carbons (Fsp3) is 0.222. The molecule has 2 aromatic rings. The van der Waals surface area contributed by atoms with E-state index in [0.717, 1.165) is 0 Å². The van der Waals surface area contributed by atoms with E-state index in [1.165, 1.54) is 24.5 Å². The first-order chi connectivity index (χ1) is 13.4. The highest BCUT2D eigenvalue weighted by Gasteiger charge is 2.15. The molecule has 0 unspecified atom stereocenters. The lowest BCUT2D eigenvalue weighted by molar-refractivity contribution is -0.384. The van der Waals surface area contributed by atoms with E-state index in [4.69, 9.17) is 4.74 Å². The Morgan fingerprint density at radius 1 is 1.11 bits per heavy atom. The Bertz CT molecular complexity index is 885. The number of nitro groups is 1. The molecule has 10 heteroatoms. The van der Waals surface area contributed by atoms with Gasteiger partial charge in [0.1, 0.15) is 0 Å². The fourth-order valence-corrected chi connectivity index (χ4v) is 2.99. The molecule has 0 heterocycles. The summed E-state index contributed by atoms with van der Waals surface area (Å²) in [6.45, 7) is 0.194. The molecule has 1 amide bonds. The van der Waals surface area contributed by atoms with Crippen LogP contribution in [0.4, 0.5) is 11.4 Å². The molecule has 0 saturated carbocycles. The van der Waals surface area contributed by atoms with Gasteiger partial charge in [0.15, 0.2) is 6.61 Å². The van der Waals surface area contributed by atoms with E-state index in [0.29, 0.717) is 17.1 Å². The molecule has 9 nitrogen and oxygen atoms in total. The van der Waals surface area contributed by atoms with Gasteiger partial charge in [0.2, 0.25) is 0 Å². The summed E-state index contributed by atoms with van der Waals surface area (Å²) in [6, 6.07) is 12.2. The molecule has 0 spiro atoms. The van der Waals surface area contributed by atoms with Gasteiger partial charge in [-0.15, -0.1) is 0 Å². The topological polar surface area (TPSA) is 128 Å². The van der Waals surface area contributed by atoms with Gasteiger partial charge in [0.05, 0.1) is 26.2 Å². The monoisotopic (exact) mass is 405 g/mol. The van der Waals surface area contributed by atoms with Gasteiger partial charge in [0, 0.05) is 37.2 Å². The number of nitro benzene ring substituents is 1. The molecule has 148 valence electrons. The van der Waals surface area contributed by atoms with Crippen LogP contribution in [0.25, 0.3) is 0 Å². The Labute approximate surface area is 163 Å². The first kappa shape index (κ1) is 21.0. The third kappa shape index (κ3) is 6.16. The summed E-state index contributed by atoms with van der Waals surface area (Å²) in [5.41, 5.74) is 0.834. The number of anilines is 1. The first-order valence-corrected chi connectivity index (χ1v) is 9.79. The Hall–Kier alpha value is -3.27. The Morgan fingerprint density at radius 3 is 2.43 bits per heavy atom. The van der Waals surface area contributed by atoms with E-state index in [-0.39, 0.29) is 17.8 Å². The SMILES string of the molecule is C[S@@](=O)c1ccccc1C(=O)OCC(=O)NCCNc1ccc([N+](=O)[O-])cc1. The van der Waals surface area contributed by atoms with Crippen molar-refractivity contribution >= 4 is 34.1 Å². The zero-order valence-electron chi connectivity index (χ0n) is 15.0. The summed E-state index contributed by atoms with van der Waals surface area (Å²) in [5.74, 6) is -1.20. The number of esters is 1. The van der Waals surface area contributed by atoms with E-state index in [2.05, 4.69) is 10.6 Å². The normalized spacial score (nSPS) is 11.3. The van der Waals surface area contributed by atoms with Crippen LogP contribution in [0.15, 0.2) is 53.4 Å². The summed E-state index contributed by atoms with van der Waals surface area (Å²) >= 11 is 0. The summed E-state index contributed by atoms with van der Waals surface area (Å²) in [7, 11) is -1.35.